The second-order valence-electron chi connectivity index (χ2n) is 7.09. The van der Waals surface area contributed by atoms with Crippen LogP contribution in [0, 0.1) is 17.5 Å². The molecule has 3 rings (SSSR count). The first-order valence-electron chi connectivity index (χ1n) is 8.77. The van der Waals surface area contributed by atoms with E-state index in [2.05, 4.69) is 4.98 Å². The Labute approximate surface area is 162 Å². The minimum atomic E-state index is -4.60. The minimum absolute atomic E-state index is 0.0253. The predicted molar refractivity (Wildman–Crippen MR) is 90.0 cm³/mol. The molecule has 0 fully saturated rings. The Bertz CT molecular complexity index is 926. The molecule has 1 aliphatic heterocycles. The van der Waals surface area contributed by atoms with Gasteiger partial charge in [0.05, 0.1) is 24.5 Å². The van der Waals surface area contributed by atoms with E-state index in [1.807, 2.05) is 0 Å². The Morgan fingerprint density at radius 1 is 1.24 bits per heavy atom. The van der Waals surface area contributed by atoms with Gasteiger partial charge in [-0.25, -0.2) is 18.2 Å². The highest BCUT2D eigenvalue weighted by molar-refractivity contribution is 5.77. The summed E-state index contributed by atoms with van der Waals surface area (Å²) in [5.74, 6) is -4.97. The molecule has 0 spiro atoms. The quantitative estimate of drug-likeness (QED) is 0.611. The van der Waals surface area contributed by atoms with Crippen molar-refractivity contribution in [3.63, 3.8) is 0 Å². The third-order valence-corrected chi connectivity index (χ3v) is 4.77. The standard InChI is InChI=1S/C18H18F6N4O/c1-9-7-27(8-12-6-26-17(28(9)12)18(22,23)24)16(29)4-11(25)2-10-3-14(20)15(21)5-13(10)19/h3,5-6,9,11H,2,4,7-8,25H2,1H3/t9?,11-/m1/s1. The average molecular weight is 420 g/mol. The average Bonchev–Trinajstić information content (AvgIpc) is 3.04. The van der Waals surface area contributed by atoms with Gasteiger partial charge in [-0.1, -0.05) is 0 Å². The first-order chi connectivity index (χ1) is 13.5. The summed E-state index contributed by atoms with van der Waals surface area (Å²) in [5.41, 5.74) is 5.94. The smallest absolute Gasteiger partial charge is 0.335 e. The van der Waals surface area contributed by atoms with Crippen molar-refractivity contribution < 1.29 is 31.1 Å². The van der Waals surface area contributed by atoms with E-state index in [0.717, 1.165) is 10.8 Å². The van der Waals surface area contributed by atoms with Gasteiger partial charge in [0.1, 0.15) is 5.82 Å². The van der Waals surface area contributed by atoms with Crippen molar-refractivity contribution in [3.05, 3.63) is 52.9 Å². The predicted octanol–water partition coefficient (Wildman–Crippen LogP) is 3.18. The summed E-state index contributed by atoms with van der Waals surface area (Å²) in [6, 6.07) is -0.434. The molecule has 0 bridgehead atoms. The second kappa shape index (κ2) is 7.69. The van der Waals surface area contributed by atoms with E-state index in [1.54, 1.807) is 0 Å². The summed E-state index contributed by atoms with van der Waals surface area (Å²) in [6.45, 7) is 1.49. The molecule has 5 nitrogen and oxygen atoms in total. The largest absolute Gasteiger partial charge is 0.449 e. The maximum atomic E-state index is 13.7. The summed E-state index contributed by atoms with van der Waals surface area (Å²) in [5, 5.41) is 0. The number of hydrogen-bond acceptors (Lipinski definition) is 3. The van der Waals surface area contributed by atoms with E-state index < -0.39 is 47.4 Å². The molecular weight excluding hydrogens is 402 g/mol. The lowest BCUT2D eigenvalue weighted by Gasteiger charge is -2.34. The fourth-order valence-electron chi connectivity index (χ4n) is 3.49. The number of fused-ring (bicyclic) bond motifs is 1. The molecular formula is C18H18F6N4O. The number of aromatic nitrogens is 2. The van der Waals surface area contributed by atoms with Crippen LogP contribution in [-0.4, -0.2) is 32.9 Å². The number of rotatable bonds is 4. The van der Waals surface area contributed by atoms with E-state index in [9.17, 15) is 31.1 Å². The number of hydrogen-bond donors (Lipinski definition) is 1. The van der Waals surface area contributed by atoms with E-state index in [-0.39, 0.29) is 37.2 Å². The lowest BCUT2D eigenvalue weighted by atomic mass is 10.0. The maximum absolute atomic E-state index is 13.7. The highest BCUT2D eigenvalue weighted by atomic mass is 19.4. The molecule has 0 aliphatic carbocycles. The normalized spacial score (nSPS) is 17.9. The third kappa shape index (κ3) is 4.39. The van der Waals surface area contributed by atoms with Crippen LogP contribution in [0.5, 0.6) is 0 Å². The van der Waals surface area contributed by atoms with Crippen molar-refractivity contribution in [2.45, 2.75) is 44.6 Å². The van der Waals surface area contributed by atoms with E-state index in [0.29, 0.717) is 12.1 Å². The van der Waals surface area contributed by atoms with Crippen molar-refractivity contribution in [3.8, 4) is 0 Å². The van der Waals surface area contributed by atoms with Gasteiger partial charge in [-0.05, 0) is 25.0 Å². The van der Waals surface area contributed by atoms with Gasteiger partial charge in [-0.2, -0.15) is 13.2 Å². The molecule has 158 valence electrons. The Morgan fingerprint density at radius 2 is 1.90 bits per heavy atom. The number of alkyl halides is 3. The number of carbonyl (C=O) groups excluding carboxylic acids is 1. The third-order valence-electron chi connectivity index (χ3n) is 4.77. The molecule has 11 heteroatoms. The lowest BCUT2D eigenvalue weighted by Crippen LogP contribution is -2.43. The summed E-state index contributed by atoms with van der Waals surface area (Å²) in [4.78, 5) is 17.3. The van der Waals surface area contributed by atoms with Crippen LogP contribution >= 0.6 is 0 Å². The number of imidazole rings is 1. The van der Waals surface area contributed by atoms with Gasteiger partial charge in [0.25, 0.3) is 0 Å². The number of halogens is 6. The molecule has 1 aliphatic rings. The number of benzene rings is 1. The molecule has 2 atom stereocenters. The number of amides is 1. The minimum Gasteiger partial charge on any atom is -0.335 e. The van der Waals surface area contributed by atoms with Crippen molar-refractivity contribution >= 4 is 5.91 Å². The van der Waals surface area contributed by atoms with Crippen molar-refractivity contribution in [2.75, 3.05) is 6.54 Å². The Kier molecular flexibility index (Phi) is 5.61. The van der Waals surface area contributed by atoms with Crippen LogP contribution in [0.3, 0.4) is 0 Å². The monoisotopic (exact) mass is 420 g/mol. The first-order valence-corrected chi connectivity index (χ1v) is 8.77. The van der Waals surface area contributed by atoms with Gasteiger partial charge in [0.2, 0.25) is 11.7 Å². The summed E-state index contributed by atoms with van der Waals surface area (Å²) >= 11 is 0. The molecule has 2 aromatic rings. The lowest BCUT2D eigenvalue weighted by molar-refractivity contribution is -0.149. The zero-order chi connectivity index (χ0) is 21.5. The number of nitrogens with two attached hydrogens (primary N) is 1. The molecule has 2 N–H and O–H groups in total. The number of carbonyl (C=O) groups is 1. The summed E-state index contributed by atoms with van der Waals surface area (Å²) < 4.78 is 80.2. The molecule has 1 aromatic carbocycles. The van der Waals surface area contributed by atoms with Gasteiger partial charge in [-0.15, -0.1) is 0 Å². The molecule has 0 radical (unpaired) electrons. The topological polar surface area (TPSA) is 64.2 Å². The van der Waals surface area contributed by atoms with Gasteiger partial charge >= 0.3 is 6.18 Å². The van der Waals surface area contributed by atoms with Crippen LogP contribution in [0.1, 0.15) is 36.5 Å². The summed E-state index contributed by atoms with van der Waals surface area (Å²) in [6.07, 6.45) is -3.95. The van der Waals surface area contributed by atoms with Crippen LogP contribution in [0.25, 0.3) is 0 Å². The van der Waals surface area contributed by atoms with Gasteiger partial charge in [0.15, 0.2) is 11.6 Å². The highest BCUT2D eigenvalue weighted by Crippen LogP contribution is 2.33. The molecule has 0 saturated heterocycles. The molecule has 2 heterocycles. The molecule has 1 unspecified atom stereocenters. The fraction of sp³-hybridized carbons (Fsp3) is 0.444. The van der Waals surface area contributed by atoms with Crippen LogP contribution in [0.4, 0.5) is 26.3 Å². The molecule has 1 aromatic heterocycles. The number of nitrogens with zero attached hydrogens (tertiary/aromatic N) is 3. The second-order valence-corrected chi connectivity index (χ2v) is 7.09. The Hall–Kier alpha value is -2.56. The van der Waals surface area contributed by atoms with E-state index in [4.69, 9.17) is 5.73 Å². The van der Waals surface area contributed by atoms with Crippen molar-refractivity contribution in [1.29, 1.82) is 0 Å². The fourth-order valence-corrected chi connectivity index (χ4v) is 3.49. The Morgan fingerprint density at radius 3 is 2.55 bits per heavy atom. The van der Waals surface area contributed by atoms with Gasteiger partial charge in [-0.3, -0.25) is 4.79 Å². The molecule has 1 amide bonds. The van der Waals surface area contributed by atoms with Crippen LogP contribution in [0.2, 0.25) is 0 Å². The van der Waals surface area contributed by atoms with Crippen LogP contribution in [-0.2, 0) is 23.9 Å². The Balaban J connectivity index is 1.67. The zero-order valence-corrected chi connectivity index (χ0v) is 15.3. The highest BCUT2D eigenvalue weighted by Gasteiger charge is 2.40. The maximum Gasteiger partial charge on any atom is 0.449 e. The summed E-state index contributed by atoms with van der Waals surface area (Å²) in [7, 11) is 0. The van der Waals surface area contributed by atoms with Crippen LogP contribution in [0.15, 0.2) is 18.3 Å². The van der Waals surface area contributed by atoms with Crippen molar-refractivity contribution in [2.24, 2.45) is 5.73 Å². The van der Waals surface area contributed by atoms with Crippen LogP contribution < -0.4 is 5.73 Å². The van der Waals surface area contributed by atoms with E-state index >= 15 is 0 Å². The van der Waals surface area contributed by atoms with Gasteiger partial charge < -0.3 is 15.2 Å². The molecule has 29 heavy (non-hydrogen) atoms. The molecule has 0 saturated carbocycles. The van der Waals surface area contributed by atoms with Gasteiger partial charge in [0, 0.05) is 25.1 Å². The van der Waals surface area contributed by atoms with E-state index in [1.165, 1.54) is 11.8 Å². The SMILES string of the molecule is CC1CN(C(=O)C[C@H](N)Cc2cc(F)c(F)cc2F)Cc2cnc(C(F)(F)F)n21. The first kappa shape index (κ1) is 21.2. The van der Waals surface area contributed by atoms with Crippen molar-refractivity contribution in [1.82, 2.24) is 14.5 Å². The zero-order valence-electron chi connectivity index (χ0n) is 15.3.